The van der Waals surface area contributed by atoms with Gasteiger partial charge in [-0.05, 0) is 72.2 Å². The second kappa shape index (κ2) is 14.5. The number of nitrogens with zero attached hydrogens (tertiary/aromatic N) is 2. The van der Waals surface area contributed by atoms with Crippen LogP contribution in [0, 0.1) is 0 Å². The maximum Gasteiger partial charge on any atom is 0.0972 e. The van der Waals surface area contributed by atoms with E-state index in [4.69, 9.17) is 22.8 Å². The van der Waals surface area contributed by atoms with Gasteiger partial charge in [0.25, 0.3) is 0 Å². The molecule has 0 bridgehead atoms. The first-order valence-electron chi connectivity index (χ1n) is 31.2. The molecule has 61 heavy (non-hydrogen) atoms. The van der Waals surface area contributed by atoms with E-state index in [1.54, 1.807) is 60.7 Å². The Morgan fingerprint density at radius 1 is 0.361 bits per heavy atom. The van der Waals surface area contributed by atoms with Gasteiger partial charge < -0.3 is 0 Å². The summed E-state index contributed by atoms with van der Waals surface area (Å²) in [6.45, 7) is 0. The molecule has 3 heteroatoms. The van der Waals surface area contributed by atoms with Crippen LogP contribution >= 0.6 is 11.3 Å². The number of rotatable bonds is 6. The molecule has 0 fully saturated rings. The smallest absolute Gasteiger partial charge is 0.0972 e. The first kappa shape index (κ1) is 18.3. The molecule has 0 aliphatic heterocycles. The van der Waals surface area contributed by atoms with Crippen LogP contribution in [-0.4, -0.2) is 9.97 Å². The van der Waals surface area contributed by atoms with Crippen LogP contribution in [0.5, 0.6) is 0 Å². The van der Waals surface area contributed by atoms with E-state index in [0.717, 1.165) is 11.3 Å². The number of pyridine rings is 2. The molecule has 2 nitrogen and oxygen atoms in total. The second-order valence-electron chi connectivity index (χ2n) is 13.7. The molecule has 9 aromatic carbocycles. The van der Waals surface area contributed by atoms with E-state index in [0.29, 0.717) is 16.3 Å². The largest absolute Gasteiger partial charge is 0.254 e. The Balaban J connectivity index is 1.33. The normalized spacial score (nSPS) is 17.3. The average molecular weight is 818 g/mol. The summed E-state index contributed by atoms with van der Waals surface area (Å²) >= 11 is 0.879. The average Bonchev–Trinajstić information content (AvgIpc) is 1.12. The van der Waals surface area contributed by atoms with Crippen molar-refractivity contribution in [2.75, 3.05) is 0 Å². The first-order chi connectivity index (χ1) is 40.7. The van der Waals surface area contributed by atoms with Gasteiger partial charge in [0.1, 0.15) is 0 Å². The quantitative estimate of drug-likeness (QED) is 0.123. The molecule has 3 heterocycles. The van der Waals surface area contributed by atoms with Crippen LogP contribution in [-0.2, 0) is 0 Å². The van der Waals surface area contributed by atoms with Crippen molar-refractivity contribution in [2.24, 2.45) is 0 Å². The first-order valence-corrected chi connectivity index (χ1v) is 19.5. The van der Waals surface area contributed by atoms with Crippen molar-refractivity contribution in [3.63, 3.8) is 0 Å². The standard InChI is InChI=1S/C58H36N2S/c1-4-17-37(18-5-1)51-45-26-12-14-28-47(45)53(48-29-15-13-27-46(48)51)58-52(38-19-6-2-7-20-38)54(57(61-58)41-21-8-3-9-22-41)49-34-33-44(42-24-10-11-25-43(42)49)50-35-32-40-31-30-39-23-16-36-59-55(39)56(40)60-50/h1-36H/i1D,2D,4D,5D,6D,7D,12D,13D,14D,15D,16D,17D,18D,19D,20D,23D,26D,27D,28D,29D,30D,31D,32D,35D,36D. The number of fused-ring (bicyclic) bond motifs is 6. The van der Waals surface area contributed by atoms with Gasteiger partial charge in [0.2, 0.25) is 0 Å². The summed E-state index contributed by atoms with van der Waals surface area (Å²) in [5.41, 5.74) is -1.83. The predicted octanol–water partition coefficient (Wildman–Crippen LogP) is 16.3. The van der Waals surface area contributed by atoms with Crippen molar-refractivity contribution in [1.82, 2.24) is 9.97 Å². The summed E-state index contributed by atoms with van der Waals surface area (Å²) in [4.78, 5) is 9.12. The minimum atomic E-state index is -0.874. The molecular formula is C58H36N2S. The zero-order valence-corrected chi connectivity index (χ0v) is 32.0. The van der Waals surface area contributed by atoms with Gasteiger partial charge in [0.05, 0.1) is 51.0 Å². The SMILES string of the molecule is [2H]c1nc2c(c([2H])c1[2H])c([2H])c([2H])c1c([2H])c([2H])c(-c3ccc(-c4c(-c5ccccc5)sc(-c5c6c([2H])c([2H])c([2H])c([2H])c6c(-c6c([2H])c([2H])c([2H])c([2H])c6[2H])c6c([2H])c([2H])c([2H])c([2H])c56)c4-c4c([2H])c([2H])c([2H])c([2H])c4[2H])c4ccccc34)nc12. The fourth-order valence-electron chi connectivity index (χ4n) is 7.91. The molecule has 0 atom stereocenters. The molecular weight excluding hydrogens is 757 g/mol. The van der Waals surface area contributed by atoms with Crippen LogP contribution < -0.4 is 0 Å². The molecule has 0 aliphatic rings. The van der Waals surface area contributed by atoms with Crippen molar-refractivity contribution in [1.29, 1.82) is 0 Å². The highest BCUT2D eigenvalue weighted by atomic mass is 32.1. The third-order valence-electron chi connectivity index (χ3n) is 10.4. The lowest BCUT2D eigenvalue weighted by molar-refractivity contribution is 1.37. The van der Waals surface area contributed by atoms with Gasteiger partial charge in [-0.25, -0.2) is 4.98 Å². The maximum absolute atomic E-state index is 9.81. The molecule has 284 valence electrons. The van der Waals surface area contributed by atoms with Gasteiger partial charge in [0.15, 0.2) is 0 Å². The fourth-order valence-corrected chi connectivity index (χ4v) is 9.30. The predicted molar refractivity (Wildman–Crippen MR) is 260 cm³/mol. The Bertz CT molecular complexity index is 4980. The number of hydrogen-bond acceptors (Lipinski definition) is 3. The van der Waals surface area contributed by atoms with Crippen molar-refractivity contribution in [3.05, 3.63) is 218 Å². The van der Waals surface area contributed by atoms with E-state index in [9.17, 15) is 16.4 Å². The highest BCUT2D eigenvalue weighted by Gasteiger charge is 2.28. The zero-order valence-electron chi connectivity index (χ0n) is 56.2. The van der Waals surface area contributed by atoms with Crippen molar-refractivity contribution < 1.29 is 34.3 Å². The number of thiophene rings is 1. The molecule has 12 aromatic rings. The van der Waals surface area contributed by atoms with E-state index < -0.39 is 189 Å². The highest BCUT2D eigenvalue weighted by Crippen LogP contribution is 2.56. The Morgan fingerprint density at radius 2 is 0.902 bits per heavy atom. The van der Waals surface area contributed by atoms with E-state index in [-0.39, 0.29) is 65.1 Å². The van der Waals surface area contributed by atoms with Crippen LogP contribution in [0.1, 0.15) is 34.3 Å². The molecule has 0 spiro atoms. The molecule has 0 aliphatic carbocycles. The van der Waals surface area contributed by atoms with Gasteiger partial charge in [0, 0.05) is 49.0 Å². The van der Waals surface area contributed by atoms with E-state index in [1.165, 1.54) is 6.07 Å². The highest BCUT2D eigenvalue weighted by molar-refractivity contribution is 7.20. The van der Waals surface area contributed by atoms with Crippen LogP contribution in [0.15, 0.2) is 218 Å². The Morgan fingerprint density at radius 3 is 1.57 bits per heavy atom. The summed E-state index contributed by atoms with van der Waals surface area (Å²) < 4.78 is 228. The lowest BCUT2D eigenvalue weighted by atomic mass is 9.84. The molecule has 12 rings (SSSR count). The zero-order chi connectivity index (χ0) is 62.0. The molecule has 0 saturated heterocycles. The van der Waals surface area contributed by atoms with Crippen LogP contribution in [0.2, 0.25) is 0 Å². The molecule has 0 saturated carbocycles. The third-order valence-corrected chi connectivity index (χ3v) is 11.7. The number of aromatic nitrogens is 2. The van der Waals surface area contributed by atoms with E-state index in [1.807, 2.05) is 0 Å². The summed E-state index contributed by atoms with van der Waals surface area (Å²) in [6.07, 6.45) is -0.633. The van der Waals surface area contributed by atoms with Crippen LogP contribution in [0.25, 0.3) is 120 Å². The van der Waals surface area contributed by atoms with Crippen LogP contribution in [0.3, 0.4) is 0 Å². The molecule has 0 N–H and O–H groups in total. The van der Waals surface area contributed by atoms with Gasteiger partial charge in [-0.15, -0.1) is 11.3 Å². The summed E-state index contributed by atoms with van der Waals surface area (Å²) in [5.74, 6) is 0. The molecule has 0 amide bonds. The Hall–Kier alpha value is -7.72. The monoisotopic (exact) mass is 817 g/mol. The summed E-state index contributed by atoms with van der Waals surface area (Å²) in [6, 6.07) is -0.108. The van der Waals surface area contributed by atoms with Crippen molar-refractivity contribution in [2.45, 2.75) is 0 Å². The van der Waals surface area contributed by atoms with Gasteiger partial charge in [-0.3, -0.25) is 4.98 Å². The number of hydrogen-bond donors (Lipinski definition) is 0. The molecule has 3 aromatic heterocycles. The minimum absolute atomic E-state index is 0.114. The van der Waals surface area contributed by atoms with Crippen LogP contribution in [0.4, 0.5) is 0 Å². The van der Waals surface area contributed by atoms with E-state index >= 15 is 0 Å². The molecule has 0 radical (unpaired) electrons. The minimum Gasteiger partial charge on any atom is -0.254 e. The Kier molecular flexibility index (Phi) is 4.35. The third kappa shape index (κ3) is 5.78. The maximum atomic E-state index is 9.81. The Labute approximate surface area is 392 Å². The molecule has 0 unspecified atom stereocenters. The fraction of sp³-hybridized carbons (Fsp3) is 0. The van der Waals surface area contributed by atoms with Crippen molar-refractivity contribution >= 4 is 65.5 Å². The second-order valence-corrected chi connectivity index (χ2v) is 14.7. The number of benzene rings is 9. The van der Waals surface area contributed by atoms with Crippen molar-refractivity contribution in [3.8, 4) is 65.5 Å². The van der Waals surface area contributed by atoms with E-state index in [2.05, 4.69) is 4.98 Å². The lowest BCUT2D eigenvalue weighted by Gasteiger charge is -2.19. The topological polar surface area (TPSA) is 25.8 Å². The van der Waals surface area contributed by atoms with Gasteiger partial charge in [-0.1, -0.05) is 200 Å². The summed E-state index contributed by atoms with van der Waals surface area (Å²) in [5, 5.41) is -1.94. The van der Waals surface area contributed by atoms with Gasteiger partial charge >= 0.3 is 0 Å². The lowest BCUT2D eigenvalue weighted by Crippen LogP contribution is -1.93. The van der Waals surface area contributed by atoms with Gasteiger partial charge in [-0.2, -0.15) is 0 Å². The summed E-state index contributed by atoms with van der Waals surface area (Å²) in [7, 11) is 0.